The zero-order valence-corrected chi connectivity index (χ0v) is 9.53. The van der Waals surface area contributed by atoms with Crippen LogP contribution in [0.25, 0.3) is 0 Å². The average molecular weight is 224 g/mol. The van der Waals surface area contributed by atoms with Crippen LogP contribution in [0.1, 0.15) is 0 Å². The molecule has 13 heavy (non-hydrogen) atoms. The van der Waals surface area contributed by atoms with Crippen LogP contribution in [0.3, 0.4) is 0 Å². The molecule has 2 aliphatic carbocycles. The summed E-state index contributed by atoms with van der Waals surface area (Å²) in [6.07, 6.45) is 16.3. The summed E-state index contributed by atoms with van der Waals surface area (Å²) >= 11 is 10.2. The summed E-state index contributed by atoms with van der Waals surface area (Å²) in [5.74, 6) is 0. The molecule has 2 aliphatic rings. The van der Waals surface area contributed by atoms with Gasteiger partial charge >= 0.3 is 0 Å². The summed E-state index contributed by atoms with van der Waals surface area (Å²) in [7, 11) is 0. The largest absolute Gasteiger partial charge is 0.140 e. The normalized spacial score (nSPS) is 27.2. The smallest absolute Gasteiger partial charge is 0.0269 e. The van der Waals surface area contributed by atoms with Gasteiger partial charge in [-0.25, -0.2) is 0 Å². The highest BCUT2D eigenvalue weighted by molar-refractivity contribution is 8.65. The van der Waals surface area contributed by atoms with Crippen LogP contribution in [0.5, 0.6) is 0 Å². The van der Waals surface area contributed by atoms with E-state index in [1.165, 1.54) is 11.3 Å². The summed E-state index contributed by atoms with van der Waals surface area (Å²) in [5, 5.41) is -1.77. The third-order valence-corrected chi connectivity index (χ3v) is 6.64. The van der Waals surface area contributed by atoms with Gasteiger partial charge in [0.15, 0.2) is 0 Å². The van der Waals surface area contributed by atoms with Gasteiger partial charge in [-0.3, -0.25) is 0 Å². The minimum Gasteiger partial charge on any atom is -0.140 e. The van der Waals surface area contributed by atoms with Crippen molar-refractivity contribution in [1.82, 2.24) is 0 Å². The Bertz CT molecular complexity index is 195. The van der Waals surface area contributed by atoms with Crippen LogP contribution in [-0.4, -0.2) is 0 Å². The minimum absolute atomic E-state index is 1.18. The molecule has 0 aromatic carbocycles. The van der Waals surface area contributed by atoms with Crippen molar-refractivity contribution < 1.29 is 0 Å². The SMILES string of the molecule is S=P(S)([C]1[CH][CH][CH][CH]1)[C]1[CH][CH][CH][CH]1. The second-order valence-electron chi connectivity index (χ2n) is 2.86. The molecule has 0 aromatic heterocycles. The van der Waals surface area contributed by atoms with E-state index in [9.17, 15) is 0 Å². The minimum atomic E-state index is -1.77. The Morgan fingerprint density at radius 1 is 0.846 bits per heavy atom. The quantitative estimate of drug-likeness (QED) is 0.555. The van der Waals surface area contributed by atoms with E-state index in [0.29, 0.717) is 0 Å². The van der Waals surface area contributed by atoms with E-state index < -0.39 is 5.24 Å². The summed E-state index contributed by atoms with van der Waals surface area (Å²) < 4.78 is 0. The number of thiol groups is 1. The molecule has 0 nitrogen and oxygen atoms in total. The Morgan fingerprint density at radius 3 is 1.46 bits per heavy atom. The van der Waals surface area contributed by atoms with Crippen molar-refractivity contribution in [3.63, 3.8) is 0 Å². The van der Waals surface area contributed by atoms with Crippen LogP contribution in [0.4, 0.5) is 0 Å². The van der Waals surface area contributed by atoms with E-state index in [-0.39, 0.29) is 0 Å². The molecule has 0 unspecified atom stereocenters. The van der Waals surface area contributed by atoms with Gasteiger partial charge in [0.05, 0.1) is 0 Å². The average Bonchev–Trinajstić information content (AvgIpc) is 2.78. The highest BCUT2D eigenvalue weighted by Crippen LogP contribution is 2.73. The first-order valence-electron chi connectivity index (χ1n) is 3.98. The molecule has 0 heterocycles. The van der Waals surface area contributed by atoms with Crippen molar-refractivity contribution in [2.24, 2.45) is 0 Å². The highest BCUT2D eigenvalue weighted by atomic mass is 32.9. The second kappa shape index (κ2) is 4.24. The molecular weight excluding hydrogens is 215 g/mol. The molecule has 2 rings (SSSR count). The number of hydrogen-bond donors (Lipinski definition) is 1. The van der Waals surface area contributed by atoms with Gasteiger partial charge in [0, 0.05) is 16.6 Å². The lowest BCUT2D eigenvalue weighted by atomic mass is 10.4. The van der Waals surface area contributed by atoms with Crippen LogP contribution < -0.4 is 0 Å². The zero-order valence-electron chi connectivity index (χ0n) is 6.92. The van der Waals surface area contributed by atoms with Gasteiger partial charge in [0.25, 0.3) is 0 Å². The van der Waals surface area contributed by atoms with Crippen molar-refractivity contribution in [3.8, 4) is 0 Å². The first-order valence-corrected chi connectivity index (χ1v) is 7.94. The predicted molar refractivity (Wildman–Crippen MR) is 64.2 cm³/mol. The Labute approximate surface area is 92.0 Å². The van der Waals surface area contributed by atoms with Crippen molar-refractivity contribution in [2.75, 3.05) is 0 Å². The lowest BCUT2D eigenvalue weighted by molar-refractivity contribution is 1.46. The van der Waals surface area contributed by atoms with Gasteiger partial charge in [-0.15, -0.1) is 12.2 Å². The lowest BCUT2D eigenvalue weighted by Crippen LogP contribution is -1.98. The van der Waals surface area contributed by atoms with Crippen molar-refractivity contribution in [3.05, 3.63) is 62.7 Å². The molecule has 0 N–H and O–H groups in total. The fourth-order valence-corrected chi connectivity index (χ4v) is 4.26. The number of hydrogen-bond acceptors (Lipinski definition) is 1. The lowest BCUT2D eigenvalue weighted by Gasteiger charge is -2.27. The molecule has 0 atom stereocenters. The maximum atomic E-state index is 5.56. The van der Waals surface area contributed by atoms with E-state index >= 15 is 0 Å². The number of rotatable bonds is 2. The molecule has 0 aromatic rings. The van der Waals surface area contributed by atoms with Crippen molar-refractivity contribution >= 4 is 29.3 Å². The molecule has 2 saturated carbocycles. The predicted octanol–water partition coefficient (Wildman–Crippen LogP) is 3.04. The zero-order chi connectivity index (χ0) is 9.31. The van der Waals surface area contributed by atoms with Gasteiger partial charge in [-0.05, 0) is 51.4 Å². The van der Waals surface area contributed by atoms with E-state index in [2.05, 4.69) is 37.9 Å². The first-order chi connectivity index (χ1) is 6.21. The summed E-state index contributed by atoms with van der Waals surface area (Å²) in [6.45, 7) is 0. The van der Waals surface area contributed by atoms with Crippen LogP contribution in [0.15, 0.2) is 0 Å². The molecule has 10 radical (unpaired) electrons. The van der Waals surface area contributed by atoms with Crippen LogP contribution >= 0.6 is 17.5 Å². The fraction of sp³-hybridized carbons (Fsp3) is 0. The van der Waals surface area contributed by atoms with Crippen molar-refractivity contribution in [1.29, 1.82) is 0 Å². The van der Waals surface area contributed by atoms with E-state index in [0.717, 1.165) is 0 Å². The summed E-state index contributed by atoms with van der Waals surface area (Å²) in [5.41, 5.74) is 2.36. The third kappa shape index (κ3) is 2.16. The molecule has 0 saturated heterocycles. The Balaban J connectivity index is 2.04. The molecule has 0 aliphatic heterocycles. The van der Waals surface area contributed by atoms with Gasteiger partial charge in [0.2, 0.25) is 0 Å². The molecule has 0 amide bonds. The van der Waals surface area contributed by atoms with E-state index in [1.807, 2.05) is 25.7 Å². The summed E-state index contributed by atoms with van der Waals surface area (Å²) in [4.78, 5) is 0. The summed E-state index contributed by atoms with van der Waals surface area (Å²) in [6, 6.07) is 0. The van der Waals surface area contributed by atoms with Gasteiger partial charge in [0.1, 0.15) is 0 Å². The molecule has 0 spiro atoms. The molecule has 66 valence electrons. The van der Waals surface area contributed by atoms with Crippen LogP contribution in [0, 0.1) is 62.7 Å². The topological polar surface area (TPSA) is 0 Å². The standard InChI is InChI=1S/C10H9PS2/c12-11(13,9-5-1-2-6-9)10-7-3-4-8-10/h1-8H,(H,12,13). The molecule has 0 bridgehead atoms. The van der Waals surface area contributed by atoms with Crippen molar-refractivity contribution in [2.45, 2.75) is 0 Å². The van der Waals surface area contributed by atoms with Gasteiger partial charge < -0.3 is 0 Å². The molecular formula is C10H9PS2. The van der Waals surface area contributed by atoms with Crippen LogP contribution in [-0.2, 0) is 11.8 Å². The fourth-order valence-electron chi connectivity index (χ4n) is 1.28. The maximum Gasteiger partial charge on any atom is 0.0269 e. The first kappa shape index (κ1) is 10.5. The van der Waals surface area contributed by atoms with E-state index in [1.54, 1.807) is 0 Å². The van der Waals surface area contributed by atoms with Crippen LogP contribution in [0.2, 0.25) is 0 Å². The maximum absolute atomic E-state index is 5.56. The van der Waals surface area contributed by atoms with Gasteiger partial charge in [-0.1, -0.05) is 11.8 Å². The Kier molecular flexibility index (Phi) is 3.43. The van der Waals surface area contributed by atoms with Gasteiger partial charge in [-0.2, -0.15) is 0 Å². The van der Waals surface area contributed by atoms with E-state index in [4.69, 9.17) is 11.8 Å². The Hall–Kier alpha value is 1.00. The monoisotopic (exact) mass is 224 g/mol. The molecule has 3 heteroatoms. The second-order valence-corrected chi connectivity index (χ2v) is 9.30. The Morgan fingerprint density at radius 2 is 1.15 bits per heavy atom. The molecule has 2 fully saturated rings. The third-order valence-electron chi connectivity index (χ3n) is 1.99. The highest BCUT2D eigenvalue weighted by Gasteiger charge is 2.38.